The molecule has 134 heavy (non-hydrogen) atoms. The zero-order chi connectivity index (χ0) is 96.0. The minimum atomic E-state index is -1.22. The number of piperazine rings is 1. The van der Waals surface area contributed by atoms with Crippen molar-refractivity contribution in [2.75, 3.05) is 240 Å². The van der Waals surface area contributed by atoms with Crippen LogP contribution < -0.4 is 9.64 Å². The van der Waals surface area contributed by atoms with Crippen LogP contribution in [0.15, 0.2) is 61.2 Å². The van der Waals surface area contributed by atoms with Gasteiger partial charge in [-0.1, -0.05) is 29.3 Å². The van der Waals surface area contributed by atoms with Crippen LogP contribution in [-0.2, 0) is 192 Å². The normalized spacial score (nSPS) is 39.6. The molecule has 0 unspecified atom stereocenters. The lowest BCUT2D eigenvalue weighted by atomic mass is 9.94. The monoisotopic (exact) mass is 1960 g/mol. The second kappa shape index (κ2) is 52.7. The number of imidazole rings is 1. The molecule has 26 rings (SSSR count). The van der Waals surface area contributed by atoms with Crippen LogP contribution in [0.4, 0.5) is 5.69 Å². The van der Waals surface area contributed by atoms with Crippen molar-refractivity contribution in [2.24, 2.45) is 0 Å². The lowest BCUT2D eigenvalue weighted by Gasteiger charge is -2.52. The summed E-state index contributed by atoms with van der Waals surface area (Å²) in [7, 11) is 31.7. The van der Waals surface area contributed by atoms with Crippen molar-refractivity contribution in [3.05, 3.63) is 76.8 Å². The molecule has 23 aliphatic heterocycles. The Kier molecular flexibility index (Phi) is 42.7. The van der Waals surface area contributed by atoms with Crippen molar-refractivity contribution in [2.45, 2.75) is 240 Å². The van der Waals surface area contributed by atoms with Gasteiger partial charge in [-0.25, -0.2) is 4.98 Å². The average molecular weight is 1960 g/mol. The predicted octanol–water partition coefficient (Wildman–Crippen LogP) is 2.71. The number of hydrogen-bond acceptors (Lipinski definition) is 41. The third kappa shape index (κ3) is 24.8. The number of aromatic nitrogens is 2. The fourth-order valence-corrected chi connectivity index (χ4v) is 20.0. The number of ether oxygens (including phenoxy) is 38. The summed E-state index contributed by atoms with van der Waals surface area (Å²) in [5.74, 6) is -0.201. The quantitative estimate of drug-likeness (QED) is 0.0817. The number of methoxy groups -OCH3 is 21. The number of nitrogens with zero attached hydrogens (tertiary/aromatic N) is 4. The summed E-state index contributed by atoms with van der Waals surface area (Å²) in [6, 6.07) is 13.3. The first-order valence-electron chi connectivity index (χ1n) is 44.6. The fourth-order valence-electron chi connectivity index (χ4n) is 19.5. The number of amides is 1. The second-order valence-electron chi connectivity index (χ2n) is 33.5. The van der Waals surface area contributed by atoms with Gasteiger partial charge in [-0.2, -0.15) is 0 Å². The molecule has 0 saturated carbocycles. The van der Waals surface area contributed by atoms with E-state index in [0.717, 1.165) is 37.6 Å². The maximum absolute atomic E-state index is 11.6. The predicted molar refractivity (Wildman–Crippen MR) is 467 cm³/mol. The highest BCUT2D eigenvalue weighted by Gasteiger charge is 2.63. The maximum Gasteiger partial charge on any atom is 0.219 e. The third-order valence-electron chi connectivity index (χ3n) is 25.8. The lowest BCUT2D eigenvalue weighted by molar-refractivity contribution is -0.402. The molecule has 37 atom stereocenters. The summed E-state index contributed by atoms with van der Waals surface area (Å²) < 4.78 is 247. The third-order valence-corrected chi connectivity index (χ3v) is 26.4. The van der Waals surface area contributed by atoms with Gasteiger partial charge in [0.2, 0.25) is 11.7 Å². The van der Waals surface area contributed by atoms with E-state index in [1.165, 1.54) is 149 Å². The van der Waals surface area contributed by atoms with Gasteiger partial charge in [-0.3, -0.25) is 4.79 Å². The SMILES string of the molecule is CC(=O)N1CCN(c2ccc(OC[C@@H]3CO[C@@](Cn4ccnc4)(c4ccc(Cl)cc4Cl)O3)cc2)CC1.COC[C@H]1O[C@@H]2O[C@H]3[C@H](OC)[C@@H](OC)[C@@H](O[C@H]4[C@H](OC)[C@@H](OC)[C@@H](O[C@H]5[C@H](OC)[C@@H](OC)[C@@H](O[C@H]6[C@H](OC)[C@@H](OC)[C@@H](O[C@H]7[C@H](OC)[C@@H](OC)[C@@H](O[C@H]8[C@H](OC)[C@@H](OC)[C@@H](O[C@H]1[C@H](OC)[C@H]2OC)O[C@@H]8COC)O[C@@H]7COC)O[C@@H]6COC)O[C@@H]5COC)O[C@@H]4COC)O[C@@H]3COC. The minimum absolute atomic E-state index is 0.0381. The smallest absolute Gasteiger partial charge is 0.219 e. The van der Waals surface area contributed by atoms with Gasteiger partial charge in [0.1, 0.15) is 189 Å². The van der Waals surface area contributed by atoms with Crippen LogP contribution in [0.3, 0.4) is 0 Å². The van der Waals surface area contributed by atoms with Crippen LogP contribution in [0.2, 0.25) is 10.0 Å². The van der Waals surface area contributed by atoms with Crippen molar-refractivity contribution in [1.29, 1.82) is 0 Å². The summed E-state index contributed by atoms with van der Waals surface area (Å²) in [4.78, 5) is 19.8. The number of carbonyl (C=O) groups excluding carboxylic acids is 1. The average Bonchev–Trinajstić information content (AvgIpc) is 1.63. The molecule has 23 saturated heterocycles. The van der Waals surface area contributed by atoms with Crippen molar-refractivity contribution in [3.63, 3.8) is 0 Å². The summed E-state index contributed by atoms with van der Waals surface area (Å²) >= 11 is 12.7. The van der Waals surface area contributed by atoms with E-state index in [0.29, 0.717) is 35.4 Å². The first-order chi connectivity index (χ1) is 65.1. The molecule has 24 heterocycles. The topological polar surface area (TPSA) is 392 Å². The zero-order valence-electron chi connectivity index (χ0n) is 80.4. The van der Waals surface area contributed by atoms with Crippen molar-refractivity contribution >= 4 is 34.8 Å². The van der Waals surface area contributed by atoms with Crippen LogP contribution in [-0.4, -0.2) is 476 Å². The number of rotatable bonds is 35. The van der Waals surface area contributed by atoms with Gasteiger partial charge in [0.15, 0.2) is 44.0 Å². The molecule has 0 N–H and O–H groups in total. The molecular weight excluding hydrogens is 1820 g/mol. The van der Waals surface area contributed by atoms with Crippen LogP contribution in [0.5, 0.6) is 5.75 Å². The number of benzene rings is 2. The molecule has 1 amide bonds. The van der Waals surface area contributed by atoms with E-state index in [-0.39, 0.29) is 58.3 Å². The highest BCUT2D eigenvalue weighted by atomic mass is 35.5. The molecule has 0 aliphatic carbocycles. The Morgan fingerprint density at radius 1 is 0.366 bits per heavy atom. The van der Waals surface area contributed by atoms with Gasteiger partial charge in [-0.15, -0.1) is 0 Å². The largest absolute Gasteiger partial charge is 0.491 e. The molecular formula is C89H140Cl2N4O39. The van der Waals surface area contributed by atoms with Gasteiger partial charge in [0, 0.05) is 211 Å². The van der Waals surface area contributed by atoms with Crippen molar-refractivity contribution in [3.8, 4) is 5.75 Å². The van der Waals surface area contributed by atoms with E-state index in [9.17, 15) is 4.79 Å². The maximum atomic E-state index is 11.6. The van der Waals surface area contributed by atoms with Crippen LogP contribution in [0.1, 0.15) is 12.5 Å². The number of halogens is 2. The molecule has 3 aromatic rings. The van der Waals surface area contributed by atoms with Crippen molar-refractivity contribution in [1.82, 2.24) is 14.5 Å². The van der Waals surface area contributed by atoms with Gasteiger partial charge in [0.05, 0.1) is 70.7 Å². The van der Waals surface area contributed by atoms with E-state index in [4.69, 9.17) is 203 Å². The molecule has 45 heteroatoms. The van der Waals surface area contributed by atoms with Crippen molar-refractivity contribution < 1.29 is 185 Å². The Morgan fingerprint density at radius 3 is 0.888 bits per heavy atom. The first kappa shape index (κ1) is 109. The van der Waals surface area contributed by atoms with E-state index in [2.05, 4.69) is 9.88 Å². The number of hydrogen-bond donors (Lipinski definition) is 0. The summed E-state index contributed by atoms with van der Waals surface area (Å²) in [5, 5.41) is 1.02. The Bertz CT molecular complexity index is 3460. The molecule has 0 spiro atoms. The molecule has 23 aliphatic rings. The lowest BCUT2D eigenvalue weighted by Crippen LogP contribution is -2.69. The van der Waals surface area contributed by atoms with Crippen LogP contribution in [0, 0.1) is 0 Å². The summed E-state index contributed by atoms with van der Waals surface area (Å²) in [5.41, 5.74) is 1.82. The minimum Gasteiger partial charge on any atom is -0.491 e. The van der Waals surface area contributed by atoms with E-state index in [1.807, 2.05) is 46.0 Å². The van der Waals surface area contributed by atoms with Crippen LogP contribution in [0.25, 0.3) is 0 Å². The molecule has 14 bridgehead atoms. The Labute approximate surface area is 793 Å². The Morgan fingerprint density at radius 2 is 0.649 bits per heavy atom. The zero-order valence-corrected chi connectivity index (χ0v) is 81.9. The number of anilines is 1. The summed E-state index contributed by atoms with van der Waals surface area (Å²) in [6.07, 6.45) is -30.9. The molecule has 2 aromatic carbocycles. The number of carbonyl (C=O) groups is 1. The van der Waals surface area contributed by atoms with Gasteiger partial charge in [0.25, 0.3) is 0 Å². The van der Waals surface area contributed by atoms with E-state index < -0.39 is 221 Å². The molecule has 0 radical (unpaired) electrons. The molecule has 43 nitrogen and oxygen atoms in total. The molecule has 1 aromatic heterocycles. The van der Waals surface area contributed by atoms with Crippen LogP contribution >= 0.6 is 23.2 Å². The van der Waals surface area contributed by atoms with E-state index in [1.54, 1.807) is 31.6 Å². The Balaban J connectivity index is 0.000000371. The first-order valence-corrected chi connectivity index (χ1v) is 45.3. The molecule has 764 valence electrons. The second-order valence-corrected chi connectivity index (χ2v) is 34.3. The molecule has 23 fully saturated rings. The van der Waals surface area contributed by atoms with E-state index >= 15 is 0 Å². The summed E-state index contributed by atoms with van der Waals surface area (Å²) in [6.45, 7) is 5.54. The van der Waals surface area contributed by atoms with Gasteiger partial charge in [-0.05, 0) is 36.4 Å². The highest BCUT2D eigenvalue weighted by molar-refractivity contribution is 6.35. The van der Waals surface area contributed by atoms with Gasteiger partial charge < -0.3 is 194 Å². The highest BCUT2D eigenvalue weighted by Crippen LogP contribution is 2.46. The standard InChI is InChI=1S/C63H112O35.C26H28Cl2N4O4/c1-64-22-29-36-43(71-8)50(78-15)57(85-29)93-37-30(23-65-2)87-59(52(80-17)44(37)72-9)95-39-32(25-67-4)89-61(54(82-19)46(39)74-11)97-41-34(27-69-6)91-63(56(84-21)48(41)76-13)98-42-35(28-70-7)90-62(55(83-20)49(42)77-14)96-40-33(26-68-5)88-60(53(81-18)47(40)75-12)94-38-31(24-66-3)86-58(92-36)51(79-16)45(38)73-10;1-19(33)31-10-12-32(13-11-31)21-3-5-22(6-4-21)34-15-23-16-35-26(36-23,17-30-9-8-29-18-30)24-7-2-20(27)14-25(24)28/h29-63H,22-28H2,1-21H3;2-9,14,18,23H,10-13,15-17H2,1H3/t29-,30-,31-,32-,33-,34-,35-,36-,37-,38-,39-,40-,41-,42-,43+,44+,45+,46+,47+,48+,49+,50-,51-,52-,53-,54-,55-,56-,57-,58-,59-,60-,61-,62-,63-;23-,26-/m11/s1. The Hall–Kier alpha value is -4.18. The fraction of sp³-hybridized carbons (Fsp3) is 0.820. The van der Waals surface area contributed by atoms with Gasteiger partial charge >= 0.3 is 0 Å².